The van der Waals surface area contributed by atoms with E-state index in [-0.39, 0.29) is 15.9 Å². The van der Waals surface area contributed by atoms with Crippen LogP contribution in [0.3, 0.4) is 0 Å². The number of hydrogen-bond acceptors (Lipinski definition) is 4. The van der Waals surface area contributed by atoms with Crippen LogP contribution in [0.15, 0.2) is 24.3 Å². The van der Waals surface area contributed by atoms with Crippen LogP contribution in [0.5, 0.6) is 5.88 Å². The molecule has 1 saturated carbocycles. The quantitative estimate of drug-likeness (QED) is 0.187. The Labute approximate surface area is 220 Å². The van der Waals surface area contributed by atoms with Crippen LogP contribution in [0.2, 0.25) is 23.3 Å². The zero-order chi connectivity index (χ0) is 26.7. The van der Waals surface area contributed by atoms with E-state index in [1.165, 1.54) is 18.9 Å². The molecule has 6 nitrogen and oxygen atoms in total. The second kappa shape index (κ2) is 11.1. The largest absolute Gasteiger partial charge is 0.475 e. The van der Waals surface area contributed by atoms with E-state index in [4.69, 9.17) is 20.8 Å². The van der Waals surface area contributed by atoms with E-state index in [0.29, 0.717) is 36.6 Å². The molecule has 3 rings (SSSR count). The third kappa shape index (κ3) is 7.67. The van der Waals surface area contributed by atoms with Gasteiger partial charge < -0.3 is 19.8 Å². The fourth-order valence-electron chi connectivity index (χ4n) is 3.55. The Morgan fingerprint density at radius 3 is 2.53 bits per heavy atom. The predicted molar refractivity (Wildman–Crippen MR) is 147 cm³/mol. The zero-order valence-corrected chi connectivity index (χ0v) is 24.2. The van der Waals surface area contributed by atoms with Gasteiger partial charge in [-0.2, -0.15) is 0 Å². The molecule has 2 N–H and O–H groups in total. The van der Waals surface area contributed by atoms with Gasteiger partial charge in [0.1, 0.15) is 17.6 Å². The summed E-state index contributed by atoms with van der Waals surface area (Å²) in [6.07, 6.45) is 3.30. The lowest BCUT2D eigenvalue weighted by atomic mass is 10.0. The lowest BCUT2D eigenvalue weighted by Gasteiger charge is -2.36. The number of carbonyl (C=O) groups excluding carboxylic acids is 1. The van der Waals surface area contributed by atoms with Crippen molar-refractivity contribution in [3.8, 4) is 17.0 Å². The van der Waals surface area contributed by atoms with Crippen LogP contribution in [-0.4, -0.2) is 39.1 Å². The predicted octanol–water partition coefficient (Wildman–Crippen LogP) is 7.56. The van der Waals surface area contributed by atoms with Gasteiger partial charge in [-0.1, -0.05) is 39.3 Å². The van der Waals surface area contributed by atoms with Gasteiger partial charge in [-0.3, -0.25) is 0 Å². The topological polar surface area (TPSA) is 72.5 Å². The van der Waals surface area contributed by atoms with Crippen LogP contribution in [0, 0.1) is 18.2 Å². The van der Waals surface area contributed by atoms with Crippen molar-refractivity contribution in [3.63, 3.8) is 0 Å². The first-order valence-electron chi connectivity index (χ1n) is 12.5. The minimum atomic E-state index is -1.87. The first kappa shape index (κ1) is 28.4. The first-order valence-corrected chi connectivity index (χ1v) is 15.8. The highest BCUT2D eigenvalue weighted by Gasteiger charge is 2.37. The highest BCUT2D eigenvalue weighted by molar-refractivity contribution is 6.74. The molecule has 1 aromatic carbocycles. The number of benzene rings is 1. The molecular formula is C27H39ClFN3O3Si. The third-order valence-electron chi connectivity index (χ3n) is 7.36. The summed E-state index contributed by atoms with van der Waals surface area (Å²) in [6, 6.07) is 6.05. The van der Waals surface area contributed by atoms with Gasteiger partial charge in [0.2, 0.25) is 5.88 Å². The molecule has 1 aliphatic carbocycles. The van der Waals surface area contributed by atoms with Gasteiger partial charge in [-0.05, 0) is 84.6 Å². The van der Waals surface area contributed by atoms with Crippen LogP contribution in [0.1, 0.15) is 52.5 Å². The highest BCUT2D eigenvalue weighted by atomic mass is 35.5. The van der Waals surface area contributed by atoms with Crippen LogP contribution in [0.4, 0.5) is 14.9 Å². The minimum Gasteiger partial charge on any atom is -0.475 e. The summed E-state index contributed by atoms with van der Waals surface area (Å²) in [7, 11) is -1.87. The summed E-state index contributed by atoms with van der Waals surface area (Å²) < 4.78 is 26.7. The van der Waals surface area contributed by atoms with Crippen molar-refractivity contribution in [1.29, 1.82) is 0 Å². The molecule has 1 aromatic heterocycles. The van der Waals surface area contributed by atoms with E-state index in [9.17, 15) is 9.18 Å². The normalized spacial score (nSPS) is 14.9. The van der Waals surface area contributed by atoms with Crippen molar-refractivity contribution in [2.24, 2.45) is 5.41 Å². The van der Waals surface area contributed by atoms with Gasteiger partial charge in [-0.15, -0.1) is 0 Å². The molecule has 0 unspecified atom stereocenters. The van der Waals surface area contributed by atoms with Crippen molar-refractivity contribution in [2.75, 3.05) is 25.1 Å². The van der Waals surface area contributed by atoms with Gasteiger partial charge >= 0.3 is 6.03 Å². The second-order valence-corrected chi connectivity index (χ2v) is 16.8. The van der Waals surface area contributed by atoms with Gasteiger partial charge in [0.25, 0.3) is 0 Å². The van der Waals surface area contributed by atoms with Crippen molar-refractivity contribution < 1.29 is 18.3 Å². The van der Waals surface area contributed by atoms with Crippen LogP contribution < -0.4 is 15.4 Å². The number of pyridine rings is 1. The first-order chi connectivity index (χ1) is 16.7. The molecule has 0 spiro atoms. The van der Waals surface area contributed by atoms with Gasteiger partial charge in [0.15, 0.2) is 8.32 Å². The molecule has 0 atom stereocenters. The Bertz CT molecular complexity index is 1100. The number of aromatic nitrogens is 1. The minimum absolute atomic E-state index is 0.101. The van der Waals surface area contributed by atoms with Gasteiger partial charge in [0.05, 0.1) is 12.3 Å². The molecule has 36 heavy (non-hydrogen) atoms. The maximum absolute atomic E-state index is 14.7. The zero-order valence-electron chi connectivity index (χ0n) is 22.5. The summed E-state index contributed by atoms with van der Waals surface area (Å²) >= 11 is 6.28. The molecule has 9 heteroatoms. The average molecular weight is 536 g/mol. The molecule has 198 valence electrons. The lowest BCUT2D eigenvalue weighted by Crippen LogP contribution is -2.41. The average Bonchev–Trinajstić information content (AvgIpc) is 3.49. The van der Waals surface area contributed by atoms with Crippen LogP contribution in [0.25, 0.3) is 11.1 Å². The number of amides is 2. The highest BCUT2D eigenvalue weighted by Crippen LogP contribution is 2.47. The molecule has 0 bridgehead atoms. The number of hydrogen-bond donors (Lipinski definition) is 2. The van der Waals surface area contributed by atoms with Crippen molar-refractivity contribution in [2.45, 2.75) is 72.0 Å². The Morgan fingerprint density at radius 1 is 1.19 bits per heavy atom. The molecule has 0 saturated heterocycles. The summed E-state index contributed by atoms with van der Waals surface area (Å²) in [4.78, 5) is 16.6. The van der Waals surface area contributed by atoms with E-state index in [1.807, 2.05) is 0 Å². The van der Waals surface area contributed by atoms with Gasteiger partial charge in [0, 0.05) is 12.6 Å². The molecule has 1 aliphatic rings. The Balaban J connectivity index is 1.67. The molecule has 1 heterocycles. The standard InChI is InChI=1S/C27H39ClFN3O3Si/c1-18-14-21(29)22(31-25(33)30-11-10-27(5)8-9-27)17-20(18)19-15-23(28)32-24(16-19)34-12-13-35-36(6,7)26(2,3)4/h14-17H,8-13H2,1-7H3,(H2,30,31,33). The van der Waals surface area contributed by atoms with Crippen molar-refractivity contribution >= 4 is 31.6 Å². The smallest absolute Gasteiger partial charge is 0.319 e. The number of carbonyl (C=O) groups is 1. The summed E-state index contributed by atoms with van der Waals surface area (Å²) in [5.74, 6) is -0.138. The number of urea groups is 1. The molecule has 1 fully saturated rings. The Morgan fingerprint density at radius 2 is 1.89 bits per heavy atom. The van der Waals surface area contributed by atoms with E-state index in [0.717, 1.165) is 17.5 Å². The number of ether oxygens (including phenoxy) is 1. The maximum Gasteiger partial charge on any atom is 0.319 e. The van der Waals surface area contributed by atoms with Crippen molar-refractivity contribution in [3.05, 3.63) is 40.8 Å². The SMILES string of the molecule is Cc1cc(F)c(NC(=O)NCCC2(C)CC2)cc1-c1cc(Cl)nc(OCCO[Si](C)(C)C(C)(C)C)c1. The van der Waals surface area contributed by atoms with Crippen molar-refractivity contribution in [1.82, 2.24) is 10.3 Å². The fourth-order valence-corrected chi connectivity index (χ4v) is 4.78. The van der Waals surface area contributed by atoms with Crippen LogP contribution >= 0.6 is 11.6 Å². The maximum atomic E-state index is 14.7. The number of halogens is 2. The van der Waals surface area contributed by atoms with E-state index in [2.05, 4.69) is 56.4 Å². The summed E-state index contributed by atoms with van der Waals surface area (Å²) in [5.41, 5.74) is 2.59. The van der Waals surface area contributed by atoms with Gasteiger partial charge in [-0.25, -0.2) is 14.2 Å². The van der Waals surface area contributed by atoms with E-state index in [1.54, 1.807) is 25.1 Å². The van der Waals surface area contributed by atoms with Crippen LogP contribution in [-0.2, 0) is 4.43 Å². The summed E-state index contributed by atoms with van der Waals surface area (Å²) in [6.45, 7) is 16.3. The number of rotatable bonds is 10. The summed E-state index contributed by atoms with van der Waals surface area (Å²) in [5, 5.41) is 5.83. The number of anilines is 1. The molecule has 0 aliphatic heterocycles. The number of nitrogens with one attached hydrogen (secondary N) is 2. The molecule has 0 radical (unpaired) electrons. The third-order valence-corrected chi connectivity index (χ3v) is 12.1. The van der Waals surface area contributed by atoms with E-state index < -0.39 is 20.2 Å². The monoisotopic (exact) mass is 535 g/mol. The Kier molecular flexibility index (Phi) is 8.73. The fraction of sp³-hybridized carbons (Fsp3) is 0.556. The lowest BCUT2D eigenvalue weighted by molar-refractivity contribution is 0.199. The number of aryl methyl sites for hydroxylation is 1. The second-order valence-electron chi connectivity index (χ2n) is 11.6. The Hall–Kier alpha value is -2.16. The van der Waals surface area contributed by atoms with E-state index >= 15 is 0 Å². The molecular weight excluding hydrogens is 497 g/mol. The number of nitrogens with zero attached hydrogens (tertiary/aromatic N) is 1. The molecule has 2 aromatic rings. The molecule has 2 amide bonds.